The van der Waals surface area contributed by atoms with E-state index in [4.69, 9.17) is 23.2 Å². The highest BCUT2D eigenvalue weighted by Gasteiger charge is 2.20. The lowest BCUT2D eigenvalue weighted by Gasteiger charge is -2.15. The Kier molecular flexibility index (Phi) is 7.04. The van der Waals surface area contributed by atoms with Gasteiger partial charge in [0.15, 0.2) is 0 Å². The van der Waals surface area contributed by atoms with Crippen molar-refractivity contribution in [3.05, 3.63) is 75.3 Å². The molecule has 1 unspecified atom stereocenters. The van der Waals surface area contributed by atoms with Gasteiger partial charge in [-0.3, -0.25) is 9.78 Å². The molecule has 160 valence electrons. The molecule has 0 radical (unpaired) electrons. The van der Waals surface area contributed by atoms with Crippen LogP contribution in [0.4, 0.5) is 11.6 Å². The second kappa shape index (κ2) is 9.72. The predicted octanol–water partition coefficient (Wildman–Crippen LogP) is 4.16. The number of hydrogen-bond acceptors (Lipinski definition) is 6. The fourth-order valence-corrected chi connectivity index (χ4v) is 3.35. The fraction of sp³-hybridized carbons (Fsp3) is 0.190. The Morgan fingerprint density at radius 3 is 2.16 bits per heavy atom. The second-order valence-corrected chi connectivity index (χ2v) is 7.66. The first kappa shape index (κ1) is 22.5. The zero-order valence-electron chi connectivity index (χ0n) is 16.7. The monoisotopic (exact) mass is 459 g/mol. The summed E-state index contributed by atoms with van der Waals surface area (Å²) in [6, 6.07) is 7.43. The number of halogens is 2. The van der Waals surface area contributed by atoms with Crippen LogP contribution in [0, 0.1) is 13.8 Å². The van der Waals surface area contributed by atoms with Crippen molar-refractivity contribution in [2.45, 2.75) is 26.3 Å². The van der Waals surface area contributed by atoms with Crippen LogP contribution in [-0.4, -0.2) is 38.0 Å². The van der Waals surface area contributed by atoms with E-state index in [-0.39, 0.29) is 28.1 Å². The maximum Gasteiger partial charge on any atom is 0.326 e. The number of carboxylic acids is 1. The van der Waals surface area contributed by atoms with Gasteiger partial charge in [0.25, 0.3) is 5.91 Å². The fourth-order valence-electron chi connectivity index (χ4n) is 2.89. The minimum absolute atomic E-state index is 0.176. The quantitative estimate of drug-likeness (QED) is 0.485. The summed E-state index contributed by atoms with van der Waals surface area (Å²) in [6.07, 6.45) is 2.94. The highest BCUT2D eigenvalue weighted by Crippen LogP contribution is 2.29. The number of benzene rings is 1. The Balaban J connectivity index is 1.70. The van der Waals surface area contributed by atoms with Crippen molar-refractivity contribution in [2.24, 2.45) is 0 Å². The number of carbonyl (C=O) groups excluding carboxylic acids is 1. The number of amides is 1. The largest absolute Gasteiger partial charge is 0.480 e. The first-order valence-corrected chi connectivity index (χ1v) is 9.99. The first-order valence-electron chi connectivity index (χ1n) is 9.24. The molecular formula is C21H19Cl2N5O3. The molecule has 3 rings (SSSR count). The number of nitrogens with zero attached hydrogens (tertiary/aromatic N) is 3. The van der Waals surface area contributed by atoms with Gasteiger partial charge in [-0.25, -0.2) is 14.8 Å². The average molecular weight is 460 g/mol. The Bertz CT molecular complexity index is 1080. The van der Waals surface area contributed by atoms with Crippen LogP contribution in [0.5, 0.6) is 0 Å². The number of pyridine rings is 1. The Morgan fingerprint density at radius 1 is 1.03 bits per heavy atom. The second-order valence-electron chi connectivity index (χ2n) is 6.84. The highest BCUT2D eigenvalue weighted by molar-refractivity contribution is 6.39. The summed E-state index contributed by atoms with van der Waals surface area (Å²) < 4.78 is 0. The topological polar surface area (TPSA) is 117 Å². The maximum absolute atomic E-state index is 12.5. The number of aliphatic carboxylic acids is 1. The van der Waals surface area contributed by atoms with Crippen molar-refractivity contribution in [3.8, 4) is 0 Å². The number of anilines is 2. The van der Waals surface area contributed by atoms with E-state index in [1.807, 2.05) is 13.8 Å². The molecule has 3 N–H and O–H groups in total. The van der Waals surface area contributed by atoms with Crippen LogP contribution in [0.2, 0.25) is 10.0 Å². The number of carbonyl (C=O) groups is 2. The maximum atomic E-state index is 12.5. The van der Waals surface area contributed by atoms with E-state index in [2.05, 4.69) is 25.6 Å². The van der Waals surface area contributed by atoms with Gasteiger partial charge in [-0.15, -0.1) is 0 Å². The Hall–Kier alpha value is -3.23. The van der Waals surface area contributed by atoms with Crippen molar-refractivity contribution in [1.29, 1.82) is 0 Å². The van der Waals surface area contributed by atoms with Crippen LogP contribution in [0.1, 0.15) is 27.3 Å². The molecule has 2 aromatic heterocycles. The number of aryl methyl sites for hydroxylation is 2. The van der Waals surface area contributed by atoms with E-state index < -0.39 is 17.9 Å². The lowest BCUT2D eigenvalue weighted by molar-refractivity contribution is -0.137. The van der Waals surface area contributed by atoms with Crippen molar-refractivity contribution < 1.29 is 14.7 Å². The molecule has 10 heteroatoms. The van der Waals surface area contributed by atoms with Crippen molar-refractivity contribution in [2.75, 3.05) is 10.6 Å². The lowest BCUT2D eigenvalue weighted by atomic mass is 10.0. The molecule has 0 saturated carbocycles. The van der Waals surface area contributed by atoms with Crippen LogP contribution in [0.25, 0.3) is 0 Å². The van der Waals surface area contributed by atoms with Crippen molar-refractivity contribution in [1.82, 2.24) is 15.0 Å². The lowest BCUT2D eigenvalue weighted by Crippen LogP contribution is -2.32. The van der Waals surface area contributed by atoms with E-state index in [1.165, 1.54) is 12.4 Å². The minimum Gasteiger partial charge on any atom is -0.480 e. The Labute approximate surface area is 188 Å². The van der Waals surface area contributed by atoms with Gasteiger partial charge in [-0.1, -0.05) is 35.3 Å². The normalized spacial score (nSPS) is 11.6. The summed E-state index contributed by atoms with van der Waals surface area (Å²) in [4.78, 5) is 36.5. The Morgan fingerprint density at radius 2 is 1.61 bits per heavy atom. The smallest absolute Gasteiger partial charge is 0.326 e. The number of aromatic nitrogens is 3. The van der Waals surface area contributed by atoms with Gasteiger partial charge in [0, 0.05) is 35.8 Å². The molecule has 0 aliphatic carbocycles. The molecule has 0 fully saturated rings. The van der Waals surface area contributed by atoms with E-state index in [0.717, 1.165) is 17.0 Å². The first-order chi connectivity index (χ1) is 14.7. The van der Waals surface area contributed by atoms with Crippen LogP contribution < -0.4 is 10.6 Å². The molecule has 0 saturated heterocycles. The molecule has 8 nitrogen and oxygen atoms in total. The zero-order chi connectivity index (χ0) is 22.5. The van der Waals surface area contributed by atoms with E-state index in [9.17, 15) is 14.7 Å². The van der Waals surface area contributed by atoms with Crippen LogP contribution in [0.3, 0.4) is 0 Å². The number of nitrogens with one attached hydrogen (secondary N) is 2. The third-order valence-electron chi connectivity index (χ3n) is 4.33. The number of rotatable bonds is 7. The van der Waals surface area contributed by atoms with E-state index in [0.29, 0.717) is 5.56 Å². The number of hydrogen-bond donors (Lipinski definition) is 3. The minimum atomic E-state index is -1.04. The van der Waals surface area contributed by atoms with Gasteiger partial charge in [0.05, 0.1) is 15.7 Å². The third-order valence-corrected chi connectivity index (χ3v) is 4.90. The molecule has 0 spiro atoms. The molecule has 1 atom stereocenters. The zero-order valence-corrected chi connectivity index (χ0v) is 18.2. The summed E-state index contributed by atoms with van der Waals surface area (Å²) in [6.45, 7) is 3.62. The van der Waals surface area contributed by atoms with Crippen molar-refractivity contribution in [3.63, 3.8) is 0 Å². The van der Waals surface area contributed by atoms with Gasteiger partial charge < -0.3 is 15.7 Å². The van der Waals surface area contributed by atoms with Crippen LogP contribution in [0.15, 0.2) is 42.7 Å². The molecule has 2 heterocycles. The standard InChI is InChI=1S/C21H19Cl2N5O3/c1-11-7-12(2)26-21(25-11)27-17(20(30)31)8-13-3-5-14(6-4-13)19(29)28-18-15(22)9-24-10-16(18)23/h3-7,9-10,17H,8H2,1-2H3,(H,30,31)(H,24,28,29)(H,25,26,27). The third kappa shape index (κ3) is 5.90. The molecule has 3 aromatic rings. The van der Waals surface area contributed by atoms with Gasteiger partial charge in [-0.2, -0.15) is 0 Å². The highest BCUT2D eigenvalue weighted by atomic mass is 35.5. The molecule has 0 bridgehead atoms. The van der Waals surface area contributed by atoms with Gasteiger partial charge in [0.1, 0.15) is 6.04 Å². The SMILES string of the molecule is Cc1cc(C)nc(NC(Cc2ccc(C(=O)Nc3c(Cl)cncc3Cl)cc2)C(=O)O)n1. The number of carboxylic acid groups (broad SMARTS) is 1. The van der Waals surface area contributed by atoms with Gasteiger partial charge >= 0.3 is 5.97 Å². The molecule has 0 aliphatic heterocycles. The summed E-state index contributed by atoms with van der Waals surface area (Å²) in [5, 5.41) is 15.5. The summed E-state index contributed by atoms with van der Waals surface area (Å²) in [7, 11) is 0. The molecule has 1 amide bonds. The van der Waals surface area contributed by atoms with Gasteiger partial charge in [-0.05, 0) is 37.6 Å². The molecule has 0 aliphatic rings. The molecular weight excluding hydrogens is 441 g/mol. The molecule has 1 aromatic carbocycles. The van der Waals surface area contributed by atoms with E-state index in [1.54, 1.807) is 30.3 Å². The van der Waals surface area contributed by atoms with Crippen LogP contribution >= 0.6 is 23.2 Å². The molecule has 31 heavy (non-hydrogen) atoms. The summed E-state index contributed by atoms with van der Waals surface area (Å²) >= 11 is 12.0. The van der Waals surface area contributed by atoms with E-state index >= 15 is 0 Å². The van der Waals surface area contributed by atoms with Crippen molar-refractivity contribution >= 4 is 46.7 Å². The summed E-state index contributed by atoms with van der Waals surface area (Å²) in [5.74, 6) is -1.18. The summed E-state index contributed by atoms with van der Waals surface area (Å²) in [5.41, 5.74) is 2.84. The predicted molar refractivity (Wildman–Crippen MR) is 119 cm³/mol. The van der Waals surface area contributed by atoms with Crippen LogP contribution in [-0.2, 0) is 11.2 Å². The van der Waals surface area contributed by atoms with Gasteiger partial charge in [0.2, 0.25) is 5.95 Å². The average Bonchev–Trinajstić information content (AvgIpc) is 2.70.